The zero-order valence-electron chi connectivity index (χ0n) is 12.5. The number of hydrogen-bond donors (Lipinski definition) is 1. The van der Waals surface area contributed by atoms with Crippen LogP contribution in [0.2, 0.25) is 0 Å². The zero-order valence-corrected chi connectivity index (χ0v) is 13.4. The van der Waals surface area contributed by atoms with E-state index in [9.17, 15) is 13.2 Å². The van der Waals surface area contributed by atoms with E-state index in [1.165, 1.54) is 23.5 Å². The second-order valence-corrected chi connectivity index (χ2v) is 5.89. The van der Waals surface area contributed by atoms with Crippen molar-refractivity contribution in [1.29, 1.82) is 5.26 Å². The smallest absolute Gasteiger partial charge is 0.370 e. The van der Waals surface area contributed by atoms with Gasteiger partial charge in [0.1, 0.15) is 22.5 Å². The van der Waals surface area contributed by atoms with E-state index in [1.54, 1.807) is 5.38 Å². The van der Waals surface area contributed by atoms with Crippen molar-refractivity contribution in [3.8, 4) is 17.5 Å². The fourth-order valence-electron chi connectivity index (χ4n) is 2.02. The number of aromatic nitrogens is 4. The number of nitrogens with one attached hydrogen (secondary N) is 1. The van der Waals surface area contributed by atoms with Crippen molar-refractivity contribution in [3.05, 3.63) is 51.5 Å². The van der Waals surface area contributed by atoms with E-state index in [0.29, 0.717) is 22.0 Å². The average Bonchev–Trinajstić information content (AvgIpc) is 3.23. The van der Waals surface area contributed by atoms with Crippen molar-refractivity contribution in [2.45, 2.75) is 19.4 Å². The predicted octanol–water partition coefficient (Wildman–Crippen LogP) is 3.54. The summed E-state index contributed by atoms with van der Waals surface area (Å²) in [5.41, 5.74) is 0.980. The minimum Gasteiger partial charge on any atom is -0.370 e. The quantitative estimate of drug-likeness (QED) is 0.747. The van der Waals surface area contributed by atoms with Crippen LogP contribution in [0.4, 0.5) is 13.2 Å². The van der Waals surface area contributed by atoms with Gasteiger partial charge in [-0.2, -0.15) is 28.7 Å². The van der Waals surface area contributed by atoms with Crippen molar-refractivity contribution in [2.24, 2.45) is 0 Å². The monoisotopic (exact) mass is 365 g/mol. The van der Waals surface area contributed by atoms with Crippen LogP contribution in [0.1, 0.15) is 21.8 Å². The lowest BCUT2D eigenvalue weighted by molar-refractivity contribution is -0.137. The second-order valence-electron chi connectivity index (χ2n) is 4.95. The summed E-state index contributed by atoms with van der Waals surface area (Å²) in [6.45, 7) is 0.367. The first-order valence-electron chi connectivity index (χ1n) is 6.97. The first kappa shape index (κ1) is 17.1. The molecule has 3 rings (SSSR count). The van der Waals surface area contributed by atoms with E-state index in [1.807, 2.05) is 6.07 Å². The second kappa shape index (κ2) is 7.00. The highest BCUT2D eigenvalue weighted by atomic mass is 32.1. The first-order chi connectivity index (χ1) is 12.0. The van der Waals surface area contributed by atoms with Crippen LogP contribution < -0.4 is 0 Å². The Hall–Kier alpha value is -2.77. The molecule has 1 aromatic carbocycles. The van der Waals surface area contributed by atoms with Crippen LogP contribution in [0, 0.1) is 11.3 Å². The van der Waals surface area contributed by atoms with Gasteiger partial charge < -0.3 is 4.74 Å². The highest BCUT2D eigenvalue weighted by Gasteiger charge is 2.29. The Morgan fingerprint density at radius 3 is 2.60 bits per heavy atom. The standard InChI is InChI=1S/C15H10F3N5OS/c16-15(17,18)10-3-1-9(2-4-10)6-24-7-13-20-12(8-25-13)14-11(5-19)21-23-22-14/h1-4,8H,6-7H2,(H,21,22,23). The Morgan fingerprint density at radius 2 is 1.92 bits per heavy atom. The number of rotatable bonds is 5. The maximum Gasteiger partial charge on any atom is 0.416 e. The SMILES string of the molecule is N#Cc1n[nH]nc1-c1csc(COCc2ccc(C(F)(F)F)cc2)n1. The summed E-state index contributed by atoms with van der Waals surface area (Å²) >= 11 is 1.33. The third-order valence-electron chi connectivity index (χ3n) is 3.22. The molecule has 0 saturated heterocycles. The molecule has 0 aliphatic rings. The minimum absolute atomic E-state index is 0.155. The molecule has 0 saturated carbocycles. The Bertz CT molecular complexity index is 895. The summed E-state index contributed by atoms with van der Waals surface area (Å²) in [6.07, 6.45) is -4.35. The molecule has 128 valence electrons. The fraction of sp³-hybridized carbons (Fsp3) is 0.200. The van der Waals surface area contributed by atoms with Crippen LogP contribution >= 0.6 is 11.3 Å². The summed E-state index contributed by atoms with van der Waals surface area (Å²) in [4.78, 5) is 4.31. The molecule has 0 bridgehead atoms. The highest BCUT2D eigenvalue weighted by molar-refractivity contribution is 7.09. The summed E-state index contributed by atoms with van der Waals surface area (Å²) in [6, 6.07) is 6.71. The molecule has 0 unspecified atom stereocenters. The lowest BCUT2D eigenvalue weighted by atomic mass is 10.1. The third-order valence-corrected chi connectivity index (χ3v) is 4.05. The number of nitrogens with zero attached hydrogens (tertiary/aromatic N) is 4. The molecule has 25 heavy (non-hydrogen) atoms. The summed E-state index contributed by atoms with van der Waals surface area (Å²) in [7, 11) is 0. The van der Waals surface area contributed by atoms with Gasteiger partial charge in [-0.25, -0.2) is 4.98 Å². The number of H-pyrrole nitrogens is 1. The van der Waals surface area contributed by atoms with Gasteiger partial charge in [-0.05, 0) is 17.7 Å². The first-order valence-corrected chi connectivity index (χ1v) is 7.85. The van der Waals surface area contributed by atoms with E-state index in [4.69, 9.17) is 10.00 Å². The Balaban J connectivity index is 1.57. The predicted molar refractivity (Wildman–Crippen MR) is 82.1 cm³/mol. The average molecular weight is 365 g/mol. The summed E-state index contributed by atoms with van der Waals surface area (Å²) in [5, 5.41) is 21.3. The lowest BCUT2D eigenvalue weighted by Crippen LogP contribution is -2.04. The number of thiazole rings is 1. The van der Waals surface area contributed by atoms with Crippen molar-refractivity contribution < 1.29 is 17.9 Å². The van der Waals surface area contributed by atoms with E-state index < -0.39 is 11.7 Å². The molecule has 1 N–H and O–H groups in total. The van der Waals surface area contributed by atoms with E-state index in [0.717, 1.165) is 12.1 Å². The van der Waals surface area contributed by atoms with Gasteiger partial charge in [0, 0.05) is 5.38 Å². The van der Waals surface area contributed by atoms with Gasteiger partial charge in [-0.3, -0.25) is 0 Å². The Kier molecular flexibility index (Phi) is 4.78. The van der Waals surface area contributed by atoms with Crippen molar-refractivity contribution in [3.63, 3.8) is 0 Å². The molecule has 0 atom stereocenters. The molecule has 3 aromatic rings. The highest BCUT2D eigenvalue weighted by Crippen LogP contribution is 2.29. The zero-order chi connectivity index (χ0) is 17.9. The number of hydrogen-bond acceptors (Lipinski definition) is 6. The van der Waals surface area contributed by atoms with Gasteiger partial charge >= 0.3 is 6.18 Å². The molecule has 0 amide bonds. The number of nitriles is 1. The van der Waals surface area contributed by atoms with Crippen LogP contribution in [-0.2, 0) is 24.1 Å². The molecular formula is C15H10F3N5OS. The fourth-order valence-corrected chi connectivity index (χ4v) is 2.73. The summed E-state index contributed by atoms with van der Waals surface area (Å²) in [5.74, 6) is 0. The van der Waals surface area contributed by atoms with E-state index in [-0.39, 0.29) is 18.9 Å². The van der Waals surface area contributed by atoms with Crippen LogP contribution in [-0.4, -0.2) is 20.4 Å². The lowest BCUT2D eigenvalue weighted by Gasteiger charge is -2.07. The van der Waals surface area contributed by atoms with Gasteiger partial charge in [0.05, 0.1) is 18.8 Å². The van der Waals surface area contributed by atoms with Gasteiger partial charge in [-0.1, -0.05) is 12.1 Å². The summed E-state index contributed by atoms with van der Waals surface area (Å²) < 4.78 is 43.0. The van der Waals surface area contributed by atoms with Crippen LogP contribution in [0.5, 0.6) is 0 Å². The molecule has 2 heterocycles. The number of ether oxygens (including phenoxy) is 1. The Morgan fingerprint density at radius 1 is 1.16 bits per heavy atom. The van der Waals surface area contributed by atoms with E-state index in [2.05, 4.69) is 20.4 Å². The normalized spacial score (nSPS) is 11.4. The van der Waals surface area contributed by atoms with Crippen molar-refractivity contribution in [2.75, 3.05) is 0 Å². The third kappa shape index (κ3) is 4.01. The number of benzene rings is 1. The van der Waals surface area contributed by atoms with Gasteiger partial charge in [0.25, 0.3) is 0 Å². The molecule has 0 spiro atoms. The Labute approximate surface area is 143 Å². The van der Waals surface area contributed by atoms with Gasteiger partial charge in [-0.15, -0.1) is 16.4 Å². The molecule has 10 heteroatoms. The molecule has 0 fully saturated rings. The number of halogens is 3. The van der Waals surface area contributed by atoms with Gasteiger partial charge in [0.15, 0.2) is 5.69 Å². The van der Waals surface area contributed by atoms with Crippen molar-refractivity contribution >= 4 is 11.3 Å². The molecule has 6 nitrogen and oxygen atoms in total. The molecular weight excluding hydrogens is 355 g/mol. The molecule has 0 radical (unpaired) electrons. The van der Waals surface area contributed by atoms with Crippen LogP contribution in [0.15, 0.2) is 29.6 Å². The van der Waals surface area contributed by atoms with Crippen LogP contribution in [0.25, 0.3) is 11.4 Å². The minimum atomic E-state index is -4.35. The largest absolute Gasteiger partial charge is 0.416 e. The maximum absolute atomic E-state index is 12.5. The van der Waals surface area contributed by atoms with Crippen molar-refractivity contribution in [1.82, 2.24) is 20.4 Å². The van der Waals surface area contributed by atoms with Crippen LogP contribution in [0.3, 0.4) is 0 Å². The number of aromatic amines is 1. The molecule has 0 aliphatic carbocycles. The molecule has 2 aromatic heterocycles. The van der Waals surface area contributed by atoms with E-state index >= 15 is 0 Å². The maximum atomic E-state index is 12.5. The topological polar surface area (TPSA) is 87.5 Å². The number of alkyl halides is 3. The molecule has 0 aliphatic heterocycles. The van der Waals surface area contributed by atoms with Gasteiger partial charge in [0.2, 0.25) is 0 Å².